The molecule has 3 aromatic carbocycles. The number of aryl methyl sites for hydroxylation is 1. The molecule has 0 bridgehead atoms. The zero-order valence-corrected chi connectivity index (χ0v) is 20.0. The molecule has 0 N–H and O–H groups in total. The Morgan fingerprint density at radius 2 is 1.70 bits per heavy atom. The van der Waals surface area contributed by atoms with Gasteiger partial charge >= 0.3 is 0 Å². The summed E-state index contributed by atoms with van der Waals surface area (Å²) in [5, 5.41) is 1.54. The molecule has 1 aromatic heterocycles. The topological polar surface area (TPSA) is 32.8 Å². The Morgan fingerprint density at radius 1 is 0.970 bits per heavy atom. The van der Waals surface area contributed by atoms with Crippen LogP contribution in [0.5, 0.6) is 5.75 Å². The molecule has 0 unspecified atom stereocenters. The summed E-state index contributed by atoms with van der Waals surface area (Å²) in [5.41, 5.74) is 3.46. The Morgan fingerprint density at radius 3 is 2.42 bits per heavy atom. The van der Waals surface area contributed by atoms with Gasteiger partial charge in [0, 0.05) is 42.0 Å². The number of nitrogens with zero attached hydrogens (tertiary/aromatic N) is 2. The van der Waals surface area contributed by atoms with Gasteiger partial charge in [0.1, 0.15) is 17.2 Å². The molecule has 4 aromatic rings. The van der Waals surface area contributed by atoms with E-state index in [9.17, 15) is 4.79 Å². The maximum absolute atomic E-state index is 13.2. The third-order valence-corrected chi connectivity index (χ3v) is 7.64. The van der Waals surface area contributed by atoms with E-state index < -0.39 is 0 Å². The van der Waals surface area contributed by atoms with Crippen molar-refractivity contribution in [2.45, 2.75) is 13.5 Å². The van der Waals surface area contributed by atoms with Gasteiger partial charge < -0.3 is 14.5 Å². The van der Waals surface area contributed by atoms with Crippen LogP contribution in [-0.2, 0) is 6.61 Å². The van der Waals surface area contributed by atoms with Crippen LogP contribution < -0.4 is 9.64 Å². The van der Waals surface area contributed by atoms with Crippen molar-refractivity contribution in [1.29, 1.82) is 0 Å². The van der Waals surface area contributed by atoms with E-state index >= 15 is 0 Å². The number of rotatable bonds is 5. The summed E-state index contributed by atoms with van der Waals surface area (Å²) in [4.78, 5) is 18.0. The van der Waals surface area contributed by atoms with Gasteiger partial charge in [0.05, 0.1) is 5.02 Å². The molecule has 1 fully saturated rings. The van der Waals surface area contributed by atoms with Gasteiger partial charge in [-0.3, -0.25) is 4.79 Å². The molecule has 2 heterocycles. The third-order valence-electron chi connectivity index (χ3n) is 6.00. The van der Waals surface area contributed by atoms with Gasteiger partial charge in [-0.15, -0.1) is 11.3 Å². The molecule has 0 radical (unpaired) electrons. The van der Waals surface area contributed by atoms with Crippen LogP contribution in [-0.4, -0.2) is 37.0 Å². The second kappa shape index (κ2) is 9.46. The van der Waals surface area contributed by atoms with Gasteiger partial charge in [-0.25, -0.2) is 0 Å². The Labute approximate surface area is 203 Å². The molecular formula is C27H25ClN2O2S. The van der Waals surface area contributed by atoms with Crippen LogP contribution in [0.4, 0.5) is 5.69 Å². The molecule has 0 atom stereocenters. The number of hydrogen-bond donors (Lipinski definition) is 0. The molecule has 168 valence electrons. The van der Waals surface area contributed by atoms with E-state index in [4.69, 9.17) is 16.3 Å². The minimum atomic E-state index is 0.0307. The molecule has 4 nitrogen and oxygen atoms in total. The van der Waals surface area contributed by atoms with Crippen LogP contribution in [0.2, 0.25) is 5.02 Å². The van der Waals surface area contributed by atoms with Crippen molar-refractivity contribution in [2.75, 3.05) is 31.1 Å². The first-order chi connectivity index (χ1) is 16.1. The highest BCUT2D eigenvalue weighted by molar-refractivity contribution is 7.21. The first kappa shape index (κ1) is 21.8. The predicted molar refractivity (Wildman–Crippen MR) is 137 cm³/mol. The average Bonchev–Trinajstić information content (AvgIpc) is 3.18. The van der Waals surface area contributed by atoms with E-state index in [1.54, 1.807) is 0 Å². The number of amides is 1. The second-order valence-corrected chi connectivity index (χ2v) is 9.72. The molecule has 1 saturated heterocycles. The second-order valence-electron chi connectivity index (χ2n) is 8.29. The number of anilines is 1. The van der Waals surface area contributed by atoms with E-state index in [2.05, 4.69) is 42.2 Å². The van der Waals surface area contributed by atoms with E-state index in [1.165, 1.54) is 16.9 Å². The Balaban J connectivity index is 1.19. The lowest BCUT2D eigenvalue weighted by Crippen LogP contribution is -2.48. The molecule has 1 amide bonds. The van der Waals surface area contributed by atoms with E-state index in [0.29, 0.717) is 29.6 Å². The fraction of sp³-hybridized carbons (Fsp3) is 0.222. The predicted octanol–water partition coefficient (Wildman–Crippen LogP) is 6.40. The maximum atomic E-state index is 13.2. The van der Waals surface area contributed by atoms with E-state index in [-0.39, 0.29) is 5.91 Å². The highest BCUT2D eigenvalue weighted by Gasteiger charge is 2.26. The molecule has 33 heavy (non-hydrogen) atoms. The van der Waals surface area contributed by atoms with Gasteiger partial charge in [-0.1, -0.05) is 54.1 Å². The molecule has 5 rings (SSSR count). The lowest BCUT2D eigenvalue weighted by Gasteiger charge is -2.36. The normalized spacial score (nSPS) is 14.0. The molecule has 0 saturated carbocycles. The SMILES string of the molecule is Cc1ccc2c(Cl)c(C(=O)N3CCN(c4ccc(OCc5ccccc5)cc4)CC3)sc2c1. The minimum Gasteiger partial charge on any atom is -0.489 e. The zero-order valence-electron chi connectivity index (χ0n) is 18.5. The Hall–Kier alpha value is -3.02. The van der Waals surface area contributed by atoms with Crippen molar-refractivity contribution < 1.29 is 9.53 Å². The van der Waals surface area contributed by atoms with Crippen LogP contribution in [0.3, 0.4) is 0 Å². The van der Waals surface area contributed by atoms with Crippen molar-refractivity contribution >= 4 is 44.6 Å². The van der Waals surface area contributed by atoms with Gasteiger partial charge in [0.15, 0.2) is 0 Å². The standard InChI is InChI=1S/C27H25ClN2O2S/c1-19-7-12-23-24(17-19)33-26(25(23)28)27(31)30-15-13-29(14-16-30)21-8-10-22(11-9-21)32-18-20-5-3-2-4-6-20/h2-12,17H,13-16,18H2,1H3. The summed E-state index contributed by atoms with van der Waals surface area (Å²) in [5.74, 6) is 0.884. The van der Waals surface area contributed by atoms with Gasteiger partial charge in [-0.2, -0.15) is 0 Å². The minimum absolute atomic E-state index is 0.0307. The number of ether oxygens (including phenoxy) is 1. The fourth-order valence-corrected chi connectivity index (χ4v) is 5.69. The summed E-state index contributed by atoms with van der Waals surface area (Å²) >= 11 is 8.06. The molecule has 0 spiro atoms. The number of fused-ring (bicyclic) bond motifs is 1. The van der Waals surface area contributed by atoms with Crippen molar-refractivity contribution in [1.82, 2.24) is 4.90 Å². The molecule has 6 heteroatoms. The largest absolute Gasteiger partial charge is 0.489 e. The molecule has 0 aliphatic carbocycles. The lowest BCUT2D eigenvalue weighted by atomic mass is 10.2. The number of thiophene rings is 1. The van der Waals surface area contributed by atoms with E-state index in [1.807, 2.05) is 47.4 Å². The van der Waals surface area contributed by atoms with Crippen LogP contribution in [0, 0.1) is 6.92 Å². The highest BCUT2D eigenvalue weighted by atomic mass is 35.5. The Bertz CT molecular complexity index is 1260. The summed E-state index contributed by atoms with van der Waals surface area (Å²) < 4.78 is 6.96. The van der Waals surface area contributed by atoms with Crippen LogP contribution in [0.15, 0.2) is 72.8 Å². The number of benzene rings is 3. The van der Waals surface area contributed by atoms with E-state index in [0.717, 1.165) is 40.2 Å². The maximum Gasteiger partial charge on any atom is 0.265 e. The summed E-state index contributed by atoms with van der Waals surface area (Å²) in [7, 11) is 0. The first-order valence-corrected chi connectivity index (χ1v) is 12.3. The average molecular weight is 477 g/mol. The molecule has 1 aliphatic rings. The Kier molecular flexibility index (Phi) is 6.25. The van der Waals surface area contributed by atoms with Crippen molar-refractivity contribution in [3.05, 3.63) is 93.8 Å². The summed E-state index contributed by atoms with van der Waals surface area (Å²) in [6.07, 6.45) is 0. The van der Waals surface area contributed by atoms with Gasteiger partial charge in [-0.05, 0) is 48.4 Å². The number of piperazine rings is 1. The number of carbonyl (C=O) groups excluding carboxylic acids is 1. The molecular weight excluding hydrogens is 452 g/mol. The van der Waals surface area contributed by atoms with Crippen LogP contribution >= 0.6 is 22.9 Å². The summed E-state index contributed by atoms with van der Waals surface area (Å²) in [6.45, 7) is 5.54. The third kappa shape index (κ3) is 4.70. The van der Waals surface area contributed by atoms with Crippen molar-refractivity contribution in [3.8, 4) is 5.75 Å². The fourth-order valence-electron chi connectivity index (χ4n) is 4.12. The lowest BCUT2D eigenvalue weighted by molar-refractivity contribution is 0.0752. The van der Waals surface area contributed by atoms with Crippen molar-refractivity contribution in [3.63, 3.8) is 0 Å². The van der Waals surface area contributed by atoms with Crippen molar-refractivity contribution in [2.24, 2.45) is 0 Å². The smallest absolute Gasteiger partial charge is 0.265 e. The van der Waals surface area contributed by atoms with Crippen LogP contribution in [0.1, 0.15) is 20.8 Å². The monoisotopic (exact) mass is 476 g/mol. The zero-order chi connectivity index (χ0) is 22.8. The van der Waals surface area contributed by atoms with Gasteiger partial charge in [0.25, 0.3) is 5.91 Å². The highest BCUT2D eigenvalue weighted by Crippen LogP contribution is 2.36. The van der Waals surface area contributed by atoms with Crippen LogP contribution in [0.25, 0.3) is 10.1 Å². The first-order valence-electron chi connectivity index (χ1n) is 11.1. The number of hydrogen-bond acceptors (Lipinski definition) is 4. The summed E-state index contributed by atoms with van der Waals surface area (Å²) in [6, 6.07) is 24.5. The molecule has 1 aliphatic heterocycles. The van der Waals surface area contributed by atoms with Gasteiger partial charge in [0.2, 0.25) is 0 Å². The number of carbonyl (C=O) groups is 1. The quantitative estimate of drug-likeness (QED) is 0.334. The number of halogens is 1.